The highest BCUT2D eigenvalue weighted by molar-refractivity contribution is 6.36. The largest absolute Gasteiger partial charge is 0.462 e. The Morgan fingerprint density at radius 2 is 2.00 bits per heavy atom. The fraction of sp³-hybridized carbons (Fsp3) is 0.355. The van der Waals surface area contributed by atoms with E-state index < -0.39 is 0 Å². The summed E-state index contributed by atoms with van der Waals surface area (Å²) in [5, 5.41) is 2.75. The Labute approximate surface area is 239 Å². The van der Waals surface area contributed by atoms with Gasteiger partial charge in [-0.25, -0.2) is 0 Å². The molecule has 0 aliphatic carbocycles. The van der Waals surface area contributed by atoms with Gasteiger partial charge in [-0.15, -0.1) is 0 Å². The summed E-state index contributed by atoms with van der Waals surface area (Å²) >= 11 is 6.64. The molecule has 1 amide bonds. The van der Waals surface area contributed by atoms with Crippen molar-refractivity contribution in [2.24, 2.45) is 0 Å². The molecule has 8 nitrogen and oxygen atoms in total. The molecule has 2 fully saturated rings. The summed E-state index contributed by atoms with van der Waals surface area (Å²) in [6.45, 7) is 9.13. The fourth-order valence-corrected chi connectivity index (χ4v) is 6.19. The van der Waals surface area contributed by atoms with E-state index in [1.165, 1.54) is 12.5 Å². The van der Waals surface area contributed by atoms with Crippen LogP contribution in [0.3, 0.4) is 0 Å². The van der Waals surface area contributed by atoms with E-state index in [-0.39, 0.29) is 11.9 Å². The molecule has 4 aromatic rings. The first-order valence-corrected chi connectivity index (χ1v) is 14.2. The summed E-state index contributed by atoms with van der Waals surface area (Å²) in [6.07, 6.45) is 5.51. The SMILES string of the molecule is C=CC(=O)N1CCN(c2nc(OCC3CCCN3C)nc3cc(-c4cccc5cccc(Cl)c45)cnc23)C[C@H]1C. The number of pyridine rings is 1. The van der Waals surface area contributed by atoms with Gasteiger partial charge >= 0.3 is 6.01 Å². The van der Waals surface area contributed by atoms with Crippen molar-refractivity contribution in [1.29, 1.82) is 0 Å². The topological polar surface area (TPSA) is 74.7 Å². The highest BCUT2D eigenvalue weighted by Gasteiger charge is 2.29. The Hall–Kier alpha value is -3.75. The van der Waals surface area contributed by atoms with Gasteiger partial charge in [-0.2, -0.15) is 9.97 Å². The van der Waals surface area contributed by atoms with Crippen LogP contribution in [0.25, 0.3) is 32.9 Å². The molecule has 0 radical (unpaired) electrons. The summed E-state index contributed by atoms with van der Waals surface area (Å²) in [7, 11) is 2.13. The fourth-order valence-electron chi connectivity index (χ4n) is 5.91. The molecule has 40 heavy (non-hydrogen) atoms. The third-order valence-electron chi connectivity index (χ3n) is 8.12. The number of rotatable bonds is 6. The van der Waals surface area contributed by atoms with Gasteiger partial charge in [0.25, 0.3) is 0 Å². The van der Waals surface area contributed by atoms with Crippen molar-refractivity contribution in [2.75, 3.05) is 44.7 Å². The summed E-state index contributed by atoms with van der Waals surface area (Å²) < 4.78 is 6.22. The summed E-state index contributed by atoms with van der Waals surface area (Å²) in [5.41, 5.74) is 3.33. The zero-order chi connectivity index (χ0) is 27.8. The maximum absolute atomic E-state index is 12.3. The number of likely N-dealkylation sites (N-methyl/N-ethyl adjacent to an activating group) is 1. The molecule has 206 valence electrons. The van der Waals surface area contributed by atoms with Crippen LogP contribution in [0.4, 0.5) is 5.82 Å². The molecular weight excluding hydrogens is 524 g/mol. The number of aromatic nitrogens is 3. The van der Waals surface area contributed by atoms with E-state index in [0.29, 0.717) is 54.3 Å². The predicted molar refractivity (Wildman–Crippen MR) is 160 cm³/mol. The Kier molecular flexibility index (Phi) is 7.29. The minimum Gasteiger partial charge on any atom is -0.462 e. The molecule has 2 aromatic carbocycles. The van der Waals surface area contributed by atoms with Crippen molar-refractivity contribution in [3.8, 4) is 17.1 Å². The summed E-state index contributed by atoms with van der Waals surface area (Å²) in [5.74, 6) is 0.667. The van der Waals surface area contributed by atoms with Crippen LogP contribution >= 0.6 is 11.6 Å². The number of carbonyl (C=O) groups is 1. The molecule has 2 aliphatic rings. The molecule has 6 rings (SSSR count). The van der Waals surface area contributed by atoms with Crippen LogP contribution in [-0.2, 0) is 4.79 Å². The average Bonchev–Trinajstić information content (AvgIpc) is 3.39. The van der Waals surface area contributed by atoms with Gasteiger partial charge in [-0.3, -0.25) is 9.78 Å². The molecule has 0 bridgehead atoms. The normalized spacial score (nSPS) is 19.9. The minimum atomic E-state index is -0.0547. The van der Waals surface area contributed by atoms with Gasteiger partial charge in [0.15, 0.2) is 5.82 Å². The van der Waals surface area contributed by atoms with Crippen molar-refractivity contribution in [1.82, 2.24) is 24.8 Å². The zero-order valence-corrected chi connectivity index (χ0v) is 23.6. The number of benzene rings is 2. The molecule has 2 aromatic heterocycles. The molecule has 4 heterocycles. The standard InChI is InChI=1S/C31H33ClN6O2/c1-4-27(39)38-15-14-37(18-20(38)2)30-29-26(34-31(35-30)40-19-23-10-7-13-36(23)3)16-22(17-33-29)24-11-5-8-21-9-6-12-25(32)28(21)24/h4-6,8-9,11-12,16-17,20,23H,1,7,10,13-15,18-19H2,2-3H3/t20-,23?/m1/s1. The van der Waals surface area contributed by atoms with E-state index in [1.807, 2.05) is 42.3 Å². The van der Waals surface area contributed by atoms with E-state index in [4.69, 9.17) is 31.3 Å². The van der Waals surface area contributed by atoms with E-state index >= 15 is 0 Å². The molecular formula is C31H33ClN6O2. The van der Waals surface area contributed by atoms with Gasteiger partial charge in [-0.1, -0.05) is 48.5 Å². The van der Waals surface area contributed by atoms with Crippen LogP contribution < -0.4 is 9.64 Å². The van der Waals surface area contributed by atoms with E-state index in [9.17, 15) is 4.79 Å². The second kappa shape index (κ2) is 11.0. The molecule has 0 spiro atoms. The van der Waals surface area contributed by atoms with Crippen molar-refractivity contribution >= 4 is 45.1 Å². The van der Waals surface area contributed by atoms with Crippen LogP contribution in [-0.4, -0.2) is 82.6 Å². The maximum atomic E-state index is 12.3. The first-order chi connectivity index (χ1) is 19.4. The molecule has 1 unspecified atom stereocenters. The number of anilines is 1. The lowest BCUT2D eigenvalue weighted by Gasteiger charge is -2.40. The quantitative estimate of drug-likeness (QED) is 0.302. The number of carbonyl (C=O) groups excluding carboxylic acids is 1. The molecule has 2 atom stereocenters. The number of hydrogen-bond donors (Lipinski definition) is 0. The number of ether oxygens (including phenoxy) is 1. The third-order valence-corrected chi connectivity index (χ3v) is 8.44. The Bertz CT molecular complexity index is 1590. The lowest BCUT2D eigenvalue weighted by atomic mass is 9.99. The molecule has 2 aliphatic heterocycles. The smallest absolute Gasteiger partial charge is 0.319 e. The Balaban J connectivity index is 1.41. The lowest BCUT2D eigenvalue weighted by Crippen LogP contribution is -2.54. The number of nitrogens with zero attached hydrogens (tertiary/aromatic N) is 6. The van der Waals surface area contributed by atoms with Gasteiger partial charge in [0.2, 0.25) is 5.91 Å². The van der Waals surface area contributed by atoms with E-state index in [1.54, 1.807) is 0 Å². The van der Waals surface area contributed by atoms with Gasteiger partial charge < -0.3 is 19.4 Å². The zero-order valence-electron chi connectivity index (χ0n) is 22.9. The molecule has 0 saturated carbocycles. The molecule has 2 saturated heterocycles. The number of fused-ring (bicyclic) bond motifs is 2. The lowest BCUT2D eigenvalue weighted by molar-refractivity contribution is -0.128. The second-order valence-electron chi connectivity index (χ2n) is 10.7. The average molecular weight is 557 g/mol. The van der Waals surface area contributed by atoms with Crippen molar-refractivity contribution in [3.63, 3.8) is 0 Å². The molecule has 0 N–H and O–H groups in total. The highest BCUT2D eigenvalue weighted by atomic mass is 35.5. The van der Waals surface area contributed by atoms with E-state index in [2.05, 4.69) is 41.6 Å². The Morgan fingerprint density at radius 3 is 2.75 bits per heavy atom. The van der Waals surface area contributed by atoms with Crippen LogP contribution in [0.15, 0.2) is 61.3 Å². The number of halogens is 1. The van der Waals surface area contributed by atoms with Gasteiger partial charge in [0.1, 0.15) is 12.1 Å². The van der Waals surface area contributed by atoms with Gasteiger partial charge in [0, 0.05) is 53.9 Å². The summed E-state index contributed by atoms with van der Waals surface area (Å²) in [6, 6.07) is 14.8. The second-order valence-corrected chi connectivity index (χ2v) is 11.1. The number of likely N-dealkylation sites (tertiary alicyclic amines) is 1. The van der Waals surface area contributed by atoms with Crippen LogP contribution in [0.2, 0.25) is 5.02 Å². The van der Waals surface area contributed by atoms with Crippen LogP contribution in [0, 0.1) is 0 Å². The van der Waals surface area contributed by atoms with Crippen molar-refractivity contribution in [3.05, 3.63) is 66.3 Å². The Morgan fingerprint density at radius 1 is 1.18 bits per heavy atom. The van der Waals surface area contributed by atoms with E-state index in [0.717, 1.165) is 40.7 Å². The van der Waals surface area contributed by atoms with Gasteiger partial charge in [0.05, 0.1) is 5.52 Å². The highest BCUT2D eigenvalue weighted by Crippen LogP contribution is 2.36. The maximum Gasteiger partial charge on any atom is 0.319 e. The number of amides is 1. The monoisotopic (exact) mass is 556 g/mol. The van der Waals surface area contributed by atoms with Crippen LogP contribution in [0.5, 0.6) is 6.01 Å². The van der Waals surface area contributed by atoms with Crippen molar-refractivity contribution in [2.45, 2.75) is 31.8 Å². The number of piperazine rings is 1. The third kappa shape index (κ3) is 4.97. The van der Waals surface area contributed by atoms with Crippen LogP contribution in [0.1, 0.15) is 19.8 Å². The number of hydrogen-bond acceptors (Lipinski definition) is 7. The van der Waals surface area contributed by atoms with Crippen molar-refractivity contribution < 1.29 is 9.53 Å². The first-order valence-electron chi connectivity index (χ1n) is 13.8. The summed E-state index contributed by atoms with van der Waals surface area (Å²) in [4.78, 5) is 33.3. The first kappa shape index (κ1) is 26.5. The minimum absolute atomic E-state index is 0.00197. The predicted octanol–water partition coefficient (Wildman–Crippen LogP) is 5.19. The molecule has 9 heteroatoms. The van der Waals surface area contributed by atoms with Gasteiger partial charge in [-0.05, 0) is 62.5 Å².